The van der Waals surface area contributed by atoms with Crippen LogP contribution >= 0.6 is 35.0 Å². The van der Waals surface area contributed by atoms with Gasteiger partial charge in [0.25, 0.3) is 5.56 Å². The normalized spacial score (nSPS) is 14.4. The molecule has 1 saturated heterocycles. The van der Waals surface area contributed by atoms with Crippen molar-refractivity contribution in [2.45, 2.75) is 14.7 Å². The Labute approximate surface area is 240 Å². The molecule has 0 saturated carbocycles. The maximum atomic E-state index is 13.7. The number of nitrogens with zero attached hydrogens (tertiary/aromatic N) is 4. The summed E-state index contributed by atoms with van der Waals surface area (Å²) < 4.78 is 34.7. The van der Waals surface area contributed by atoms with Gasteiger partial charge in [0.2, 0.25) is 10.0 Å². The van der Waals surface area contributed by atoms with Crippen molar-refractivity contribution in [2.75, 3.05) is 38.2 Å². The number of anilines is 1. The lowest BCUT2D eigenvalue weighted by Gasteiger charge is -2.36. The van der Waals surface area contributed by atoms with E-state index < -0.39 is 10.0 Å². The van der Waals surface area contributed by atoms with Crippen LogP contribution in [0.2, 0.25) is 10.0 Å². The monoisotopic (exact) mass is 602 g/mol. The van der Waals surface area contributed by atoms with Crippen LogP contribution in [0, 0.1) is 0 Å². The lowest BCUT2D eigenvalue weighted by atomic mass is 10.3. The Morgan fingerprint density at radius 2 is 1.51 bits per heavy atom. The molecule has 3 aromatic carbocycles. The number of piperazine rings is 1. The SMILES string of the molecule is COc1ccc(Sc2c(N3CCN(S(=O)(=O)c4c(Cl)cccc4Cl)CC3)cnn(-c3ccccc3)c2=O)cc1. The van der Waals surface area contributed by atoms with E-state index in [2.05, 4.69) is 5.10 Å². The van der Waals surface area contributed by atoms with Gasteiger partial charge in [-0.15, -0.1) is 0 Å². The van der Waals surface area contributed by atoms with Crippen molar-refractivity contribution in [1.29, 1.82) is 0 Å². The van der Waals surface area contributed by atoms with E-state index in [4.69, 9.17) is 27.9 Å². The van der Waals surface area contributed by atoms with Gasteiger partial charge < -0.3 is 9.64 Å². The van der Waals surface area contributed by atoms with Crippen molar-refractivity contribution in [3.8, 4) is 11.4 Å². The van der Waals surface area contributed by atoms with Crippen LogP contribution in [0.4, 0.5) is 5.69 Å². The first-order valence-corrected chi connectivity index (χ1v) is 15.0. The van der Waals surface area contributed by atoms with Gasteiger partial charge in [0, 0.05) is 31.1 Å². The van der Waals surface area contributed by atoms with Crippen molar-refractivity contribution < 1.29 is 13.2 Å². The molecular weight excluding hydrogens is 579 g/mol. The average molecular weight is 604 g/mol. The van der Waals surface area contributed by atoms with Gasteiger partial charge in [-0.05, 0) is 48.5 Å². The van der Waals surface area contributed by atoms with Gasteiger partial charge in [-0.2, -0.15) is 14.1 Å². The minimum Gasteiger partial charge on any atom is -0.497 e. The zero-order chi connectivity index (χ0) is 27.6. The van der Waals surface area contributed by atoms with Crippen LogP contribution in [0.1, 0.15) is 0 Å². The molecule has 4 aromatic rings. The average Bonchev–Trinajstić information content (AvgIpc) is 2.95. The van der Waals surface area contributed by atoms with E-state index in [1.165, 1.54) is 32.9 Å². The van der Waals surface area contributed by atoms with Crippen molar-refractivity contribution >= 4 is 50.7 Å². The number of halogens is 2. The number of ether oxygens (including phenoxy) is 1. The molecule has 1 aromatic heterocycles. The molecule has 0 spiro atoms. The highest BCUT2D eigenvalue weighted by molar-refractivity contribution is 7.99. The minimum atomic E-state index is -3.90. The highest BCUT2D eigenvalue weighted by atomic mass is 35.5. The van der Waals surface area contributed by atoms with Crippen molar-refractivity contribution in [2.24, 2.45) is 0 Å². The summed E-state index contributed by atoms with van der Waals surface area (Å²) in [5.41, 5.74) is 1.02. The molecule has 1 fully saturated rings. The van der Waals surface area contributed by atoms with Gasteiger partial charge in [0.05, 0.1) is 34.7 Å². The Balaban J connectivity index is 1.46. The summed E-state index contributed by atoms with van der Waals surface area (Å²) in [5, 5.41) is 4.62. The second-order valence-corrected chi connectivity index (χ2v) is 12.4. The topological polar surface area (TPSA) is 84.7 Å². The number of hydrogen-bond donors (Lipinski definition) is 0. The van der Waals surface area contributed by atoms with Gasteiger partial charge in [-0.3, -0.25) is 4.79 Å². The summed E-state index contributed by atoms with van der Waals surface area (Å²) in [6.45, 7) is 1.10. The van der Waals surface area contributed by atoms with Crippen molar-refractivity contribution in [3.63, 3.8) is 0 Å². The smallest absolute Gasteiger partial charge is 0.287 e. The molecule has 39 heavy (non-hydrogen) atoms. The van der Waals surface area contributed by atoms with Crippen molar-refractivity contribution in [1.82, 2.24) is 14.1 Å². The molecule has 12 heteroatoms. The largest absolute Gasteiger partial charge is 0.497 e. The van der Waals surface area contributed by atoms with E-state index in [1.54, 1.807) is 19.4 Å². The molecule has 8 nitrogen and oxygen atoms in total. The summed E-state index contributed by atoms with van der Waals surface area (Å²) >= 11 is 13.7. The van der Waals surface area contributed by atoms with Gasteiger partial charge >= 0.3 is 0 Å². The van der Waals surface area contributed by atoms with Gasteiger partial charge in [0.1, 0.15) is 15.5 Å². The zero-order valence-corrected chi connectivity index (χ0v) is 24.0. The van der Waals surface area contributed by atoms with E-state index in [0.717, 1.165) is 4.90 Å². The second kappa shape index (κ2) is 11.6. The Bertz CT molecular complexity index is 1620. The van der Waals surface area contributed by atoms with E-state index in [0.29, 0.717) is 35.1 Å². The molecule has 0 amide bonds. The quantitative estimate of drug-likeness (QED) is 0.287. The van der Waals surface area contributed by atoms with Crippen molar-refractivity contribution in [3.05, 3.63) is 99.4 Å². The van der Waals surface area contributed by atoms with Crippen LogP contribution in [-0.4, -0.2) is 55.8 Å². The molecule has 0 bridgehead atoms. The summed E-state index contributed by atoms with van der Waals surface area (Å²) in [7, 11) is -2.30. The third-order valence-corrected chi connectivity index (χ3v) is 10.2. The number of para-hydroxylation sites is 1. The number of benzene rings is 3. The summed E-state index contributed by atoms with van der Waals surface area (Å²) in [6.07, 6.45) is 1.66. The summed E-state index contributed by atoms with van der Waals surface area (Å²) in [6, 6.07) is 21.3. The fourth-order valence-electron chi connectivity index (χ4n) is 4.29. The highest BCUT2D eigenvalue weighted by Crippen LogP contribution is 2.35. The molecule has 2 heterocycles. The molecule has 5 rings (SSSR count). The highest BCUT2D eigenvalue weighted by Gasteiger charge is 2.33. The number of rotatable bonds is 7. The van der Waals surface area contributed by atoms with Gasteiger partial charge in [0.15, 0.2) is 0 Å². The molecule has 0 aliphatic carbocycles. The molecule has 1 aliphatic heterocycles. The Morgan fingerprint density at radius 3 is 2.13 bits per heavy atom. The number of aromatic nitrogens is 2. The van der Waals surface area contributed by atoms with Crippen LogP contribution in [0.25, 0.3) is 5.69 Å². The molecule has 0 N–H and O–H groups in total. The zero-order valence-electron chi connectivity index (χ0n) is 20.8. The predicted molar refractivity (Wildman–Crippen MR) is 154 cm³/mol. The van der Waals surface area contributed by atoms with E-state index in [-0.39, 0.29) is 33.6 Å². The Hall–Kier alpha value is -3.02. The van der Waals surface area contributed by atoms with E-state index >= 15 is 0 Å². The number of methoxy groups -OCH3 is 1. The van der Waals surface area contributed by atoms with Crippen LogP contribution in [-0.2, 0) is 10.0 Å². The summed E-state index contributed by atoms with van der Waals surface area (Å²) in [5.74, 6) is 0.715. The molecule has 0 radical (unpaired) electrons. The summed E-state index contributed by atoms with van der Waals surface area (Å²) in [4.78, 5) is 17.0. The maximum Gasteiger partial charge on any atom is 0.287 e. The fourth-order valence-corrected chi connectivity index (χ4v) is 7.77. The second-order valence-electron chi connectivity index (χ2n) is 8.63. The maximum absolute atomic E-state index is 13.7. The molecule has 1 aliphatic rings. The number of sulfonamides is 1. The first-order valence-electron chi connectivity index (χ1n) is 12.0. The van der Waals surface area contributed by atoms with Crippen LogP contribution in [0.5, 0.6) is 5.75 Å². The van der Waals surface area contributed by atoms with Crippen LogP contribution in [0.15, 0.2) is 98.5 Å². The van der Waals surface area contributed by atoms with Crippen LogP contribution < -0.4 is 15.2 Å². The Morgan fingerprint density at radius 1 is 0.872 bits per heavy atom. The third kappa shape index (κ3) is 5.66. The molecule has 0 unspecified atom stereocenters. The Kier molecular flexibility index (Phi) is 8.20. The van der Waals surface area contributed by atoms with Crippen LogP contribution in [0.3, 0.4) is 0 Å². The lowest BCUT2D eigenvalue weighted by Crippen LogP contribution is -2.49. The predicted octanol–water partition coefficient (Wildman–Crippen LogP) is 5.21. The first-order chi connectivity index (χ1) is 18.8. The van der Waals surface area contributed by atoms with E-state index in [9.17, 15) is 13.2 Å². The first kappa shape index (κ1) is 27.5. The molecule has 202 valence electrons. The van der Waals surface area contributed by atoms with Gasteiger partial charge in [-0.1, -0.05) is 59.2 Å². The fraction of sp³-hybridized carbons (Fsp3) is 0.185. The molecule has 0 atom stereocenters. The standard InChI is InChI=1S/C27H24Cl2N4O4S2/c1-37-20-10-12-21(13-11-20)38-25-24(18-30-33(27(25)34)19-6-3-2-4-7-19)31-14-16-32(17-15-31)39(35,36)26-22(28)8-5-9-23(26)29/h2-13,18H,14-17H2,1H3. The van der Waals surface area contributed by atoms with E-state index in [1.807, 2.05) is 59.5 Å². The third-order valence-electron chi connectivity index (χ3n) is 6.29. The lowest BCUT2D eigenvalue weighted by molar-refractivity contribution is 0.384. The minimum absolute atomic E-state index is 0.0804. The van der Waals surface area contributed by atoms with Gasteiger partial charge in [-0.25, -0.2) is 8.42 Å². The number of hydrogen-bond acceptors (Lipinski definition) is 7. The molecular formula is C27H24Cl2N4O4S2.